The van der Waals surface area contributed by atoms with Crippen LogP contribution >= 0.6 is 27.3 Å². The average molecular weight is 232 g/mol. The summed E-state index contributed by atoms with van der Waals surface area (Å²) in [6.07, 6.45) is 0. The van der Waals surface area contributed by atoms with Gasteiger partial charge in [0.15, 0.2) is 5.82 Å². The molecule has 0 N–H and O–H groups in total. The van der Waals surface area contributed by atoms with Gasteiger partial charge in [0.1, 0.15) is 0 Å². The largest absolute Gasteiger partial charge is 0.245 e. The first-order valence-electron chi connectivity index (χ1n) is 2.96. The third-order valence-electron chi connectivity index (χ3n) is 1.39. The molecule has 1 aromatic heterocycles. The maximum Gasteiger partial charge on any atom is 0.156 e. The highest BCUT2D eigenvalue weighted by Crippen LogP contribution is 2.26. The Morgan fingerprint density at radius 3 is 3.09 bits per heavy atom. The number of thiazole rings is 1. The number of halogens is 2. The quantitative estimate of drug-likeness (QED) is 0.679. The molecule has 2 rings (SSSR count). The van der Waals surface area contributed by atoms with E-state index in [0.717, 1.165) is 5.52 Å². The number of hydrogen-bond donors (Lipinski definition) is 0. The van der Waals surface area contributed by atoms with Crippen LogP contribution in [0.5, 0.6) is 0 Å². The lowest BCUT2D eigenvalue weighted by Crippen LogP contribution is -1.76. The minimum Gasteiger partial charge on any atom is -0.245 e. The molecule has 0 aliphatic rings. The van der Waals surface area contributed by atoms with E-state index in [4.69, 9.17) is 0 Å². The van der Waals surface area contributed by atoms with Crippen LogP contribution in [0.1, 0.15) is 0 Å². The molecule has 4 heteroatoms. The van der Waals surface area contributed by atoms with Crippen LogP contribution < -0.4 is 0 Å². The molecule has 0 saturated heterocycles. The maximum absolute atomic E-state index is 13.2. The van der Waals surface area contributed by atoms with Crippen LogP contribution in [0.4, 0.5) is 4.39 Å². The lowest BCUT2D eigenvalue weighted by molar-refractivity contribution is 0.635. The van der Waals surface area contributed by atoms with Crippen molar-refractivity contribution in [3.05, 3.63) is 27.9 Å². The monoisotopic (exact) mass is 231 g/mol. The number of rotatable bonds is 0. The van der Waals surface area contributed by atoms with Crippen LogP contribution in [-0.2, 0) is 0 Å². The fourth-order valence-corrected chi connectivity index (χ4v) is 2.06. The molecule has 0 fully saturated rings. The van der Waals surface area contributed by atoms with Crippen LogP contribution in [-0.4, -0.2) is 4.98 Å². The molecular formula is C7H3BrFNS. The van der Waals surface area contributed by atoms with E-state index >= 15 is 0 Å². The molecule has 56 valence electrons. The number of aromatic nitrogens is 1. The fourth-order valence-electron chi connectivity index (χ4n) is 0.871. The summed E-state index contributed by atoms with van der Waals surface area (Å²) in [5, 5.41) is 0. The molecule has 2 aromatic rings. The first-order valence-corrected chi connectivity index (χ1v) is 4.63. The Balaban J connectivity index is 2.93. The van der Waals surface area contributed by atoms with E-state index in [2.05, 4.69) is 20.9 Å². The third kappa shape index (κ3) is 1.06. The fraction of sp³-hybridized carbons (Fsp3) is 0. The van der Waals surface area contributed by atoms with Crippen molar-refractivity contribution < 1.29 is 4.39 Å². The predicted molar refractivity (Wildman–Crippen MR) is 47.3 cm³/mol. The van der Waals surface area contributed by atoms with Crippen molar-refractivity contribution in [3.63, 3.8) is 0 Å². The van der Waals surface area contributed by atoms with Gasteiger partial charge in [0.2, 0.25) is 0 Å². The van der Waals surface area contributed by atoms with Gasteiger partial charge in [-0.15, -0.1) is 11.3 Å². The SMILES string of the molecule is Fc1c(Br)ccc2ncsc12. The van der Waals surface area contributed by atoms with E-state index < -0.39 is 0 Å². The van der Waals surface area contributed by atoms with Gasteiger partial charge in [-0.1, -0.05) is 0 Å². The van der Waals surface area contributed by atoms with Gasteiger partial charge in [0.05, 0.1) is 20.2 Å². The summed E-state index contributed by atoms with van der Waals surface area (Å²) in [7, 11) is 0. The van der Waals surface area contributed by atoms with E-state index in [-0.39, 0.29) is 5.82 Å². The molecule has 0 atom stereocenters. The smallest absolute Gasteiger partial charge is 0.156 e. The Kier molecular flexibility index (Phi) is 1.65. The predicted octanol–water partition coefficient (Wildman–Crippen LogP) is 3.20. The Morgan fingerprint density at radius 1 is 1.45 bits per heavy atom. The van der Waals surface area contributed by atoms with E-state index in [0.29, 0.717) is 9.17 Å². The van der Waals surface area contributed by atoms with Crippen LogP contribution in [0.25, 0.3) is 10.2 Å². The second-order valence-electron chi connectivity index (χ2n) is 2.06. The maximum atomic E-state index is 13.2. The van der Waals surface area contributed by atoms with Gasteiger partial charge in [-0.05, 0) is 28.1 Å². The van der Waals surface area contributed by atoms with Gasteiger partial charge in [0.25, 0.3) is 0 Å². The summed E-state index contributed by atoms with van der Waals surface area (Å²) in [5.41, 5.74) is 2.36. The summed E-state index contributed by atoms with van der Waals surface area (Å²) < 4.78 is 14.3. The molecule has 1 heterocycles. The summed E-state index contributed by atoms with van der Waals surface area (Å²) >= 11 is 4.42. The normalized spacial score (nSPS) is 10.7. The highest BCUT2D eigenvalue weighted by atomic mass is 79.9. The summed E-state index contributed by atoms with van der Waals surface area (Å²) in [5.74, 6) is -0.218. The van der Waals surface area contributed by atoms with Gasteiger partial charge in [-0.3, -0.25) is 0 Å². The topological polar surface area (TPSA) is 12.9 Å². The highest BCUT2D eigenvalue weighted by Gasteiger charge is 2.05. The molecule has 0 aliphatic heterocycles. The molecule has 0 radical (unpaired) electrons. The van der Waals surface area contributed by atoms with Crippen molar-refractivity contribution in [1.29, 1.82) is 0 Å². The minimum atomic E-state index is -0.218. The first kappa shape index (κ1) is 7.18. The van der Waals surface area contributed by atoms with Crippen LogP contribution in [0.2, 0.25) is 0 Å². The number of hydrogen-bond acceptors (Lipinski definition) is 2. The molecule has 0 amide bonds. The van der Waals surface area contributed by atoms with Gasteiger partial charge < -0.3 is 0 Å². The second-order valence-corrected chi connectivity index (χ2v) is 3.77. The lowest BCUT2D eigenvalue weighted by atomic mass is 10.3. The number of nitrogens with zero attached hydrogens (tertiary/aromatic N) is 1. The van der Waals surface area contributed by atoms with Gasteiger partial charge in [-0.25, -0.2) is 9.37 Å². The van der Waals surface area contributed by atoms with Gasteiger partial charge in [0, 0.05) is 0 Å². The van der Waals surface area contributed by atoms with Crippen molar-refractivity contribution in [2.24, 2.45) is 0 Å². The van der Waals surface area contributed by atoms with Crippen molar-refractivity contribution in [2.75, 3.05) is 0 Å². The molecule has 1 nitrogen and oxygen atoms in total. The van der Waals surface area contributed by atoms with E-state index in [1.165, 1.54) is 11.3 Å². The van der Waals surface area contributed by atoms with Gasteiger partial charge >= 0.3 is 0 Å². The average Bonchev–Trinajstić information content (AvgIpc) is 2.45. The van der Waals surface area contributed by atoms with Crippen molar-refractivity contribution >= 4 is 37.5 Å². The van der Waals surface area contributed by atoms with Crippen LogP contribution in [0, 0.1) is 5.82 Å². The summed E-state index contributed by atoms with van der Waals surface area (Å²) in [6.45, 7) is 0. The lowest BCUT2D eigenvalue weighted by Gasteiger charge is -1.92. The molecule has 0 aliphatic carbocycles. The zero-order chi connectivity index (χ0) is 7.84. The molecule has 0 unspecified atom stereocenters. The van der Waals surface area contributed by atoms with Crippen molar-refractivity contribution in [3.8, 4) is 0 Å². The van der Waals surface area contributed by atoms with Crippen molar-refractivity contribution in [2.45, 2.75) is 0 Å². The second kappa shape index (κ2) is 2.53. The van der Waals surface area contributed by atoms with Crippen LogP contribution in [0.3, 0.4) is 0 Å². The molecule has 1 aromatic carbocycles. The zero-order valence-electron chi connectivity index (χ0n) is 5.34. The molecular weight excluding hydrogens is 229 g/mol. The zero-order valence-corrected chi connectivity index (χ0v) is 7.75. The molecule has 11 heavy (non-hydrogen) atoms. The Bertz CT molecular complexity index is 398. The molecule has 0 spiro atoms. The third-order valence-corrected chi connectivity index (χ3v) is 2.84. The van der Waals surface area contributed by atoms with Gasteiger partial charge in [-0.2, -0.15) is 0 Å². The molecule has 0 bridgehead atoms. The number of fused-ring (bicyclic) bond motifs is 1. The van der Waals surface area contributed by atoms with E-state index in [9.17, 15) is 4.39 Å². The van der Waals surface area contributed by atoms with E-state index in [1.807, 2.05) is 0 Å². The Morgan fingerprint density at radius 2 is 2.27 bits per heavy atom. The summed E-state index contributed by atoms with van der Waals surface area (Å²) in [6, 6.07) is 3.45. The van der Waals surface area contributed by atoms with Crippen LogP contribution in [0.15, 0.2) is 22.1 Å². The van der Waals surface area contributed by atoms with Crippen molar-refractivity contribution in [1.82, 2.24) is 4.98 Å². The summed E-state index contributed by atoms with van der Waals surface area (Å²) in [4.78, 5) is 3.98. The molecule has 0 saturated carbocycles. The Labute approximate surface area is 75.0 Å². The Hall–Kier alpha value is -0.480. The standard InChI is InChI=1S/C7H3BrFNS/c8-4-1-2-5-7(6(4)9)11-3-10-5/h1-3H. The minimum absolute atomic E-state index is 0.218. The first-order chi connectivity index (χ1) is 5.29. The highest BCUT2D eigenvalue weighted by molar-refractivity contribution is 9.10. The van der Waals surface area contributed by atoms with E-state index in [1.54, 1.807) is 17.6 Å². The number of benzene rings is 1.